The van der Waals surface area contributed by atoms with Crippen LogP contribution in [0.4, 0.5) is 5.69 Å². The van der Waals surface area contributed by atoms with E-state index in [2.05, 4.69) is 174 Å². The number of hydrogen-bond acceptors (Lipinski definition) is 6. The highest BCUT2D eigenvalue weighted by molar-refractivity contribution is 6.18. The van der Waals surface area contributed by atoms with Crippen LogP contribution >= 0.6 is 0 Å². The molecule has 0 aliphatic carbocycles. The van der Waals surface area contributed by atoms with Gasteiger partial charge in [-0.05, 0) is 74.8 Å². The standard InChI is InChI=1S/C54H38N6/c55-35-36-29-31-37(32-30-36)40-19-13-22-43(33-40)53-58-52(39-17-5-2-6-18-39)59-54(60-53)47-26-10-9-25-46(47)45-24-8-7-23-44(45)41-20-14-21-42(34-41)50-48-27-11-12-28-49(48)56-51(57-50)38-15-3-1-4-16-38/h1-34,51,53,56H,(H,58,59,60). The average molecular weight is 771 g/mol. The number of aliphatic imine (C=N–C) groups is 3. The summed E-state index contributed by atoms with van der Waals surface area (Å²) in [5.74, 6) is 1.40. The highest BCUT2D eigenvalue weighted by atomic mass is 15.2. The first-order chi connectivity index (χ1) is 29.7. The minimum absolute atomic E-state index is 0.201. The number of hydrogen-bond donors (Lipinski definition) is 2. The molecule has 2 heterocycles. The molecule has 8 aromatic carbocycles. The average Bonchev–Trinajstić information content (AvgIpc) is 3.34. The Hall–Kier alpha value is -8.14. The maximum Gasteiger partial charge on any atom is 0.160 e. The largest absolute Gasteiger partial charge is 0.360 e. The molecule has 2 atom stereocenters. The summed E-state index contributed by atoms with van der Waals surface area (Å²) in [5.41, 5.74) is 15.2. The van der Waals surface area contributed by atoms with Gasteiger partial charge in [-0.15, -0.1) is 0 Å². The van der Waals surface area contributed by atoms with Crippen molar-refractivity contribution in [2.24, 2.45) is 15.0 Å². The Labute approximate surface area is 349 Å². The van der Waals surface area contributed by atoms with Crippen LogP contribution in [0.1, 0.15) is 51.3 Å². The third-order valence-electron chi connectivity index (χ3n) is 11.0. The van der Waals surface area contributed by atoms with Crippen LogP contribution in [0.5, 0.6) is 0 Å². The van der Waals surface area contributed by atoms with Crippen molar-refractivity contribution in [2.75, 3.05) is 5.32 Å². The number of rotatable bonds is 8. The van der Waals surface area contributed by atoms with Gasteiger partial charge in [0.05, 0.1) is 17.3 Å². The highest BCUT2D eigenvalue weighted by Gasteiger charge is 2.25. The molecule has 0 fully saturated rings. The number of nitriles is 1. The summed E-state index contributed by atoms with van der Waals surface area (Å²) in [4.78, 5) is 15.9. The van der Waals surface area contributed by atoms with Gasteiger partial charge in [-0.1, -0.05) is 176 Å². The molecule has 2 aliphatic rings. The van der Waals surface area contributed by atoms with Crippen LogP contribution in [0.25, 0.3) is 33.4 Å². The monoisotopic (exact) mass is 770 g/mol. The van der Waals surface area contributed by atoms with Gasteiger partial charge in [-0.2, -0.15) is 5.26 Å². The molecular formula is C54H38N6. The topological polar surface area (TPSA) is 84.9 Å². The lowest BCUT2D eigenvalue weighted by molar-refractivity contribution is 0.674. The molecule has 6 nitrogen and oxygen atoms in total. The number of nitrogens with zero attached hydrogens (tertiary/aromatic N) is 4. The Morgan fingerprint density at radius 1 is 0.400 bits per heavy atom. The van der Waals surface area contributed by atoms with Crippen molar-refractivity contribution in [1.29, 1.82) is 5.26 Å². The van der Waals surface area contributed by atoms with Crippen molar-refractivity contribution in [2.45, 2.75) is 12.3 Å². The zero-order valence-electron chi connectivity index (χ0n) is 32.6. The highest BCUT2D eigenvalue weighted by Crippen LogP contribution is 2.38. The fourth-order valence-electron chi connectivity index (χ4n) is 8.04. The van der Waals surface area contributed by atoms with Crippen LogP contribution in [0.2, 0.25) is 0 Å². The van der Waals surface area contributed by atoms with E-state index in [-0.39, 0.29) is 6.17 Å². The van der Waals surface area contributed by atoms with Gasteiger partial charge in [0.25, 0.3) is 0 Å². The molecule has 60 heavy (non-hydrogen) atoms. The molecule has 10 rings (SSSR count). The number of benzene rings is 8. The molecule has 0 spiro atoms. The van der Waals surface area contributed by atoms with Crippen LogP contribution in [-0.4, -0.2) is 17.4 Å². The molecule has 2 unspecified atom stereocenters. The van der Waals surface area contributed by atoms with E-state index < -0.39 is 6.17 Å². The summed E-state index contributed by atoms with van der Waals surface area (Å²) in [6, 6.07) is 73.0. The fourth-order valence-corrected chi connectivity index (χ4v) is 8.04. The quantitative estimate of drug-likeness (QED) is 0.161. The maximum atomic E-state index is 9.36. The molecule has 0 bridgehead atoms. The number of amidine groups is 2. The lowest BCUT2D eigenvalue weighted by Gasteiger charge is -2.26. The van der Waals surface area contributed by atoms with E-state index in [0.717, 1.165) is 84.0 Å². The Bertz CT molecular complexity index is 3000. The van der Waals surface area contributed by atoms with Gasteiger partial charge in [0.1, 0.15) is 18.2 Å². The van der Waals surface area contributed by atoms with Gasteiger partial charge < -0.3 is 10.6 Å². The van der Waals surface area contributed by atoms with Crippen molar-refractivity contribution in [3.8, 4) is 39.4 Å². The van der Waals surface area contributed by atoms with E-state index in [9.17, 15) is 5.26 Å². The molecule has 2 aliphatic heterocycles. The van der Waals surface area contributed by atoms with Crippen LogP contribution in [0.15, 0.2) is 221 Å². The summed E-state index contributed by atoms with van der Waals surface area (Å²) in [6.45, 7) is 0. The lowest BCUT2D eigenvalue weighted by Crippen LogP contribution is -2.33. The Kier molecular flexibility index (Phi) is 9.67. The van der Waals surface area contributed by atoms with Gasteiger partial charge >= 0.3 is 0 Å². The Balaban J connectivity index is 1.06. The molecule has 0 radical (unpaired) electrons. The summed E-state index contributed by atoms with van der Waals surface area (Å²) >= 11 is 0. The molecule has 8 aromatic rings. The number of anilines is 1. The van der Waals surface area contributed by atoms with Gasteiger partial charge in [0.15, 0.2) is 5.84 Å². The molecular weight excluding hydrogens is 733 g/mol. The fraction of sp³-hybridized carbons (Fsp3) is 0.0370. The molecule has 284 valence electrons. The van der Waals surface area contributed by atoms with E-state index in [4.69, 9.17) is 15.0 Å². The normalized spacial score (nSPS) is 15.6. The van der Waals surface area contributed by atoms with E-state index in [1.54, 1.807) is 0 Å². The summed E-state index contributed by atoms with van der Waals surface area (Å²) < 4.78 is 0. The maximum absolute atomic E-state index is 9.36. The third kappa shape index (κ3) is 7.17. The van der Waals surface area contributed by atoms with Crippen molar-refractivity contribution >= 4 is 23.1 Å². The van der Waals surface area contributed by atoms with Crippen molar-refractivity contribution in [3.63, 3.8) is 0 Å². The second-order valence-electron chi connectivity index (χ2n) is 14.8. The van der Waals surface area contributed by atoms with E-state index in [0.29, 0.717) is 11.4 Å². The molecule has 0 aromatic heterocycles. The van der Waals surface area contributed by atoms with Crippen LogP contribution in [0, 0.1) is 11.3 Å². The molecule has 0 saturated carbocycles. The molecule has 0 saturated heterocycles. The number of para-hydroxylation sites is 1. The van der Waals surface area contributed by atoms with Crippen LogP contribution in [0.3, 0.4) is 0 Å². The van der Waals surface area contributed by atoms with E-state index in [1.165, 1.54) is 0 Å². The van der Waals surface area contributed by atoms with Gasteiger partial charge in [0.2, 0.25) is 0 Å². The molecule has 2 N–H and O–H groups in total. The first kappa shape index (κ1) is 36.2. The minimum atomic E-state index is -0.403. The second-order valence-corrected chi connectivity index (χ2v) is 14.8. The van der Waals surface area contributed by atoms with Crippen LogP contribution < -0.4 is 10.6 Å². The van der Waals surface area contributed by atoms with E-state index >= 15 is 0 Å². The van der Waals surface area contributed by atoms with Crippen molar-refractivity contribution in [3.05, 3.63) is 245 Å². The minimum Gasteiger partial charge on any atom is -0.360 e. The number of fused-ring (bicyclic) bond motifs is 1. The first-order valence-corrected chi connectivity index (χ1v) is 20.1. The smallest absolute Gasteiger partial charge is 0.160 e. The van der Waals surface area contributed by atoms with Crippen molar-refractivity contribution < 1.29 is 0 Å². The van der Waals surface area contributed by atoms with Gasteiger partial charge in [-0.3, -0.25) is 4.99 Å². The van der Waals surface area contributed by atoms with Gasteiger partial charge in [0, 0.05) is 27.9 Å². The lowest BCUT2D eigenvalue weighted by atomic mass is 9.89. The van der Waals surface area contributed by atoms with Crippen LogP contribution in [-0.2, 0) is 0 Å². The summed E-state index contributed by atoms with van der Waals surface area (Å²) in [5, 5.41) is 16.6. The SMILES string of the molecule is N#Cc1ccc(-c2cccc(C3N=C(c4ccccc4-c4ccccc4-c4cccc(C5=NC(c6ccccc6)Nc6ccccc65)c4)N=C(c4ccccc4)N3)c2)cc1. The molecule has 0 amide bonds. The Morgan fingerprint density at radius 3 is 1.73 bits per heavy atom. The summed E-state index contributed by atoms with van der Waals surface area (Å²) in [7, 11) is 0. The van der Waals surface area contributed by atoms with Crippen molar-refractivity contribution in [1.82, 2.24) is 5.32 Å². The Morgan fingerprint density at radius 2 is 0.967 bits per heavy atom. The number of nitrogens with one attached hydrogen (secondary N) is 2. The zero-order valence-corrected chi connectivity index (χ0v) is 32.6. The predicted molar refractivity (Wildman–Crippen MR) is 244 cm³/mol. The van der Waals surface area contributed by atoms with E-state index in [1.807, 2.05) is 48.5 Å². The second kappa shape index (κ2) is 16.0. The first-order valence-electron chi connectivity index (χ1n) is 20.1. The molecule has 6 heteroatoms. The van der Waals surface area contributed by atoms with Gasteiger partial charge in [-0.25, -0.2) is 9.98 Å². The summed E-state index contributed by atoms with van der Waals surface area (Å²) in [6.07, 6.45) is -0.604. The third-order valence-corrected chi connectivity index (χ3v) is 11.0. The predicted octanol–water partition coefficient (Wildman–Crippen LogP) is 12.0. The zero-order chi connectivity index (χ0) is 40.3.